The number of carbonyl (C=O) groups is 3. The molecule has 1 aliphatic carbocycles. The molecule has 3 aliphatic rings. The summed E-state index contributed by atoms with van der Waals surface area (Å²) in [6.45, 7) is 0. The second-order valence-electron chi connectivity index (χ2n) is 10.7. The normalized spacial score (nSPS) is 21.2. The summed E-state index contributed by atoms with van der Waals surface area (Å²) in [7, 11) is 3.08. The van der Waals surface area contributed by atoms with Crippen molar-refractivity contribution in [3.05, 3.63) is 130 Å². The minimum absolute atomic E-state index is 0.285. The second-order valence-corrected chi connectivity index (χ2v) is 11.1. The molecule has 0 unspecified atom stereocenters. The van der Waals surface area contributed by atoms with E-state index in [-0.39, 0.29) is 17.3 Å². The summed E-state index contributed by atoms with van der Waals surface area (Å²) in [5.74, 6) is -0.849. The highest BCUT2D eigenvalue weighted by atomic mass is 35.5. The lowest BCUT2D eigenvalue weighted by atomic mass is 9.64. The van der Waals surface area contributed by atoms with Crippen LogP contribution in [0.25, 0.3) is 6.08 Å². The highest BCUT2D eigenvalue weighted by molar-refractivity contribution is 6.35. The van der Waals surface area contributed by atoms with Crippen LogP contribution in [0.15, 0.2) is 97.1 Å². The topological polar surface area (TPSA) is 72.9 Å². The highest BCUT2D eigenvalue weighted by Gasteiger charge is 2.72. The molecule has 1 saturated heterocycles. The molecule has 0 aromatic heterocycles. The molecule has 0 saturated carbocycles. The molecule has 2 heterocycles. The summed E-state index contributed by atoms with van der Waals surface area (Å²) >= 11 is 6.62. The number of Topliss-reactive ketones (excluding diaryl/α,β-unsaturated/α-hetero) is 3. The Bertz CT molecular complexity index is 1790. The molecule has 0 bridgehead atoms. The van der Waals surface area contributed by atoms with Crippen molar-refractivity contribution < 1.29 is 23.9 Å². The number of methoxy groups -OCH3 is 2. The molecule has 3 atom stereocenters. The van der Waals surface area contributed by atoms with Crippen LogP contribution in [0.5, 0.6) is 11.5 Å². The first-order chi connectivity index (χ1) is 20.4. The van der Waals surface area contributed by atoms with E-state index in [0.717, 1.165) is 11.3 Å². The number of hydrogen-bond acceptors (Lipinski definition) is 6. The Balaban J connectivity index is 1.58. The third kappa shape index (κ3) is 3.42. The zero-order valence-corrected chi connectivity index (χ0v) is 23.7. The van der Waals surface area contributed by atoms with Gasteiger partial charge in [-0.05, 0) is 29.8 Å². The predicted molar refractivity (Wildman–Crippen MR) is 161 cm³/mol. The number of hydrogen-bond donors (Lipinski definition) is 0. The van der Waals surface area contributed by atoms with Crippen molar-refractivity contribution in [1.82, 2.24) is 0 Å². The molecule has 7 rings (SSSR count). The predicted octanol–water partition coefficient (Wildman–Crippen LogP) is 6.67. The van der Waals surface area contributed by atoms with Gasteiger partial charge >= 0.3 is 0 Å². The number of ether oxygens (including phenoxy) is 2. The molecular weight excluding hydrogens is 550 g/mol. The third-order valence-corrected chi connectivity index (χ3v) is 9.23. The summed E-state index contributed by atoms with van der Waals surface area (Å²) in [6, 6.07) is 25.1. The van der Waals surface area contributed by atoms with E-state index >= 15 is 0 Å². The molecule has 1 fully saturated rings. The van der Waals surface area contributed by atoms with Crippen molar-refractivity contribution in [3.63, 3.8) is 0 Å². The van der Waals surface area contributed by atoms with Gasteiger partial charge in [-0.3, -0.25) is 14.4 Å². The lowest BCUT2D eigenvalue weighted by Gasteiger charge is -2.37. The van der Waals surface area contributed by atoms with E-state index < -0.39 is 23.4 Å². The monoisotopic (exact) mass is 575 g/mol. The molecule has 0 radical (unpaired) electrons. The van der Waals surface area contributed by atoms with Crippen molar-refractivity contribution in [2.45, 2.75) is 18.0 Å². The molecule has 208 valence electrons. The summed E-state index contributed by atoms with van der Waals surface area (Å²) in [5, 5.41) is 0.300. The smallest absolute Gasteiger partial charge is 0.187 e. The van der Waals surface area contributed by atoms with Crippen molar-refractivity contribution >= 4 is 40.7 Å². The number of fused-ring (bicyclic) bond motifs is 5. The fourth-order valence-electron chi connectivity index (χ4n) is 7.16. The Kier molecular flexibility index (Phi) is 6.06. The van der Waals surface area contributed by atoms with Gasteiger partial charge in [0.15, 0.2) is 17.3 Å². The van der Waals surface area contributed by atoms with Gasteiger partial charge in [0, 0.05) is 39.9 Å². The molecule has 4 aromatic rings. The molecule has 0 N–H and O–H groups in total. The summed E-state index contributed by atoms with van der Waals surface area (Å²) in [4.78, 5) is 46.4. The number of rotatable bonds is 5. The maximum absolute atomic E-state index is 14.8. The number of nitrogens with zero attached hydrogens (tertiary/aromatic N) is 1. The number of para-hydroxylation sites is 1. The molecule has 0 amide bonds. The fraction of sp³-hybridized carbons (Fsp3) is 0.171. The average molecular weight is 576 g/mol. The largest absolute Gasteiger partial charge is 0.497 e. The summed E-state index contributed by atoms with van der Waals surface area (Å²) in [5.41, 5.74) is 1.62. The maximum atomic E-state index is 14.8. The van der Waals surface area contributed by atoms with Crippen LogP contribution in [-0.4, -0.2) is 43.7 Å². The van der Waals surface area contributed by atoms with Crippen molar-refractivity contribution in [2.24, 2.45) is 5.41 Å². The van der Waals surface area contributed by atoms with E-state index in [4.69, 9.17) is 21.1 Å². The molecule has 42 heavy (non-hydrogen) atoms. The number of carbonyl (C=O) groups excluding carboxylic acids is 3. The van der Waals surface area contributed by atoms with Gasteiger partial charge in [-0.1, -0.05) is 84.4 Å². The molecule has 4 aromatic carbocycles. The Hall–Kier alpha value is -4.68. The standard InChI is InChI=1S/C35H26ClNO5/c1-41-21-16-17-25(28(19-21)42-2)30-31(32(38)24-12-6-7-13-26(24)36)37-27-14-8-3-9-20(27)15-18-29(37)35(30)33(39)22-10-4-5-11-23(22)34(35)40/h3-19,29-31H,1-2H3/t29-,30+,31+/m1/s1. The Morgan fingerprint density at radius 3 is 2.19 bits per heavy atom. The van der Waals surface area contributed by atoms with Gasteiger partial charge in [0.2, 0.25) is 0 Å². The molecule has 6 nitrogen and oxygen atoms in total. The zero-order chi connectivity index (χ0) is 29.2. The van der Waals surface area contributed by atoms with Gasteiger partial charge in [-0.15, -0.1) is 0 Å². The minimum atomic E-state index is -1.64. The van der Waals surface area contributed by atoms with E-state index in [1.54, 1.807) is 73.8 Å². The maximum Gasteiger partial charge on any atom is 0.187 e. The molecular formula is C35H26ClNO5. The van der Waals surface area contributed by atoms with Gasteiger partial charge in [-0.25, -0.2) is 0 Å². The van der Waals surface area contributed by atoms with Crippen LogP contribution >= 0.6 is 11.6 Å². The Morgan fingerprint density at radius 1 is 0.833 bits per heavy atom. The second kappa shape index (κ2) is 9.71. The molecule has 2 aliphatic heterocycles. The van der Waals surface area contributed by atoms with Crippen LogP contribution in [0, 0.1) is 5.41 Å². The molecule has 7 heteroatoms. The first-order valence-corrected chi connectivity index (χ1v) is 14.1. The number of anilines is 1. The van der Waals surface area contributed by atoms with E-state index in [1.165, 1.54) is 7.11 Å². The van der Waals surface area contributed by atoms with Crippen LogP contribution < -0.4 is 14.4 Å². The Labute approximate surface area is 248 Å². The van der Waals surface area contributed by atoms with E-state index in [2.05, 4.69) is 0 Å². The van der Waals surface area contributed by atoms with Gasteiger partial charge in [0.1, 0.15) is 23.0 Å². The summed E-state index contributed by atoms with van der Waals surface area (Å²) < 4.78 is 11.3. The first-order valence-electron chi connectivity index (χ1n) is 13.7. The van der Waals surface area contributed by atoms with Gasteiger partial charge < -0.3 is 14.4 Å². The van der Waals surface area contributed by atoms with E-state index in [0.29, 0.717) is 38.8 Å². The van der Waals surface area contributed by atoms with Crippen LogP contribution in [0.3, 0.4) is 0 Å². The quantitative estimate of drug-likeness (QED) is 0.195. The molecule has 1 spiro atoms. The van der Waals surface area contributed by atoms with E-state index in [1.807, 2.05) is 41.3 Å². The van der Waals surface area contributed by atoms with Gasteiger partial charge in [0.05, 0.1) is 25.3 Å². The lowest BCUT2D eigenvalue weighted by molar-refractivity contribution is 0.0665. The van der Waals surface area contributed by atoms with Crippen LogP contribution in [-0.2, 0) is 0 Å². The van der Waals surface area contributed by atoms with Crippen LogP contribution in [0.1, 0.15) is 48.1 Å². The van der Waals surface area contributed by atoms with Crippen molar-refractivity contribution in [3.8, 4) is 11.5 Å². The van der Waals surface area contributed by atoms with E-state index in [9.17, 15) is 14.4 Å². The van der Waals surface area contributed by atoms with Crippen molar-refractivity contribution in [1.29, 1.82) is 0 Å². The SMILES string of the molecule is COc1ccc([C@H]2[C@@H](C(=O)c3ccccc3Cl)N3c4ccccc4C=C[C@@H]3C23C(=O)c2ccccc2C3=O)c(OC)c1. The Morgan fingerprint density at radius 2 is 1.50 bits per heavy atom. The van der Waals surface area contributed by atoms with Gasteiger partial charge in [0.25, 0.3) is 0 Å². The summed E-state index contributed by atoms with van der Waals surface area (Å²) in [6.07, 6.45) is 3.83. The van der Waals surface area contributed by atoms with Gasteiger partial charge in [-0.2, -0.15) is 0 Å². The number of benzene rings is 4. The van der Waals surface area contributed by atoms with Crippen LogP contribution in [0.2, 0.25) is 5.02 Å². The minimum Gasteiger partial charge on any atom is -0.497 e. The number of halogens is 1. The first kappa shape index (κ1) is 26.2. The fourth-order valence-corrected chi connectivity index (χ4v) is 7.39. The number of ketones is 3. The lowest BCUT2D eigenvalue weighted by Crippen LogP contribution is -2.48. The van der Waals surface area contributed by atoms with Crippen LogP contribution in [0.4, 0.5) is 5.69 Å². The highest BCUT2D eigenvalue weighted by Crippen LogP contribution is 2.62. The average Bonchev–Trinajstić information content (AvgIpc) is 3.46. The third-order valence-electron chi connectivity index (χ3n) is 8.90. The zero-order valence-electron chi connectivity index (χ0n) is 22.9. The van der Waals surface area contributed by atoms with Crippen molar-refractivity contribution in [2.75, 3.05) is 19.1 Å².